The number of para-hydroxylation sites is 1. The van der Waals surface area contributed by atoms with Crippen LogP contribution in [0.5, 0.6) is 0 Å². The van der Waals surface area contributed by atoms with Crippen molar-refractivity contribution in [2.45, 2.75) is 6.92 Å². The maximum absolute atomic E-state index is 12.4. The van der Waals surface area contributed by atoms with E-state index in [1.54, 1.807) is 36.4 Å². The van der Waals surface area contributed by atoms with Crippen LogP contribution < -0.4 is 4.73 Å². The highest BCUT2D eigenvalue weighted by atomic mass is 16.5. The van der Waals surface area contributed by atoms with Crippen LogP contribution in [-0.4, -0.2) is 5.78 Å². The Morgan fingerprint density at radius 2 is 1.65 bits per heavy atom. The third-order valence-electron chi connectivity index (χ3n) is 3.38. The zero-order valence-corrected chi connectivity index (χ0v) is 11.0. The van der Waals surface area contributed by atoms with Crippen LogP contribution >= 0.6 is 0 Å². The Hall–Kier alpha value is -2.68. The molecule has 20 heavy (non-hydrogen) atoms. The van der Waals surface area contributed by atoms with E-state index in [-0.39, 0.29) is 5.78 Å². The summed E-state index contributed by atoms with van der Waals surface area (Å²) in [7, 11) is 0. The minimum Gasteiger partial charge on any atom is -0.618 e. The molecule has 0 aliphatic carbocycles. The number of carbonyl (C=O) groups is 1. The second kappa shape index (κ2) is 4.78. The Morgan fingerprint density at radius 1 is 0.950 bits per heavy atom. The fraction of sp³-hybridized carbons (Fsp3) is 0.0588. The summed E-state index contributed by atoms with van der Waals surface area (Å²) < 4.78 is 0.929. The second-order valence-electron chi connectivity index (χ2n) is 4.71. The van der Waals surface area contributed by atoms with Gasteiger partial charge in [-0.1, -0.05) is 24.3 Å². The van der Waals surface area contributed by atoms with E-state index in [2.05, 4.69) is 0 Å². The van der Waals surface area contributed by atoms with Crippen molar-refractivity contribution in [3.05, 3.63) is 71.4 Å². The summed E-state index contributed by atoms with van der Waals surface area (Å²) in [5, 5.41) is 13.3. The molecule has 0 aliphatic heterocycles. The SMILES string of the molecule is CC(=O)c1ccc(-c2ccc3ccccc3[n+]2[O-])cc1. The Kier molecular flexibility index (Phi) is 2.95. The van der Waals surface area contributed by atoms with Gasteiger partial charge in [-0.15, -0.1) is 0 Å². The van der Waals surface area contributed by atoms with Crippen LogP contribution in [0, 0.1) is 5.21 Å². The summed E-state index contributed by atoms with van der Waals surface area (Å²) in [5.74, 6) is 0.0186. The Morgan fingerprint density at radius 3 is 2.35 bits per heavy atom. The molecule has 0 atom stereocenters. The van der Waals surface area contributed by atoms with Crippen molar-refractivity contribution < 1.29 is 9.52 Å². The zero-order chi connectivity index (χ0) is 14.1. The van der Waals surface area contributed by atoms with Gasteiger partial charge in [0.2, 0.25) is 11.2 Å². The van der Waals surface area contributed by atoms with E-state index in [4.69, 9.17) is 0 Å². The molecule has 3 rings (SSSR count). The predicted octanol–water partition coefficient (Wildman–Crippen LogP) is 3.34. The zero-order valence-electron chi connectivity index (χ0n) is 11.0. The summed E-state index contributed by atoms with van der Waals surface area (Å²) in [5.41, 5.74) is 2.67. The number of carbonyl (C=O) groups excluding carboxylic acids is 1. The number of ketones is 1. The average molecular weight is 263 g/mol. The standard InChI is InChI=1S/C17H13NO2/c1-12(19)13-6-8-15(9-7-13)17-11-10-14-4-2-3-5-16(14)18(17)20/h2-11H,1H3. The summed E-state index contributed by atoms with van der Waals surface area (Å²) in [4.78, 5) is 11.3. The lowest BCUT2D eigenvalue weighted by atomic mass is 10.1. The van der Waals surface area contributed by atoms with Gasteiger partial charge in [0.15, 0.2) is 5.78 Å². The van der Waals surface area contributed by atoms with Gasteiger partial charge >= 0.3 is 0 Å². The van der Waals surface area contributed by atoms with E-state index in [0.717, 1.165) is 15.7 Å². The first-order valence-corrected chi connectivity index (χ1v) is 6.39. The number of rotatable bonds is 2. The van der Waals surface area contributed by atoms with Gasteiger partial charge in [-0.25, -0.2) is 0 Å². The summed E-state index contributed by atoms with van der Waals surface area (Å²) in [6.45, 7) is 1.53. The van der Waals surface area contributed by atoms with Gasteiger partial charge in [-0.05, 0) is 31.2 Å². The summed E-state index contributed by atoms with van der Waals surface area (Å²) in [6, 6.07) is 18.3. The first kappa shape index (κ1) is 12.4. The molecule has 0 bridgehead atoms. The molecule has 0 spiro atoms. The smallest absolute Gasteiger partial charge is 0.224 e. The molecule has 0 saturated heterocycles. The van der Waals surface area contributed by atoms with Crippen molar-refractivity contribution in [1.82, 2.24) is 0 Å². The van der Waals surface area contributed by atoms with Crippen molar-refractivity contribution in [3.8, 4) is 11.3 Å². The van der Waals surface area contributed by atoms with E-state index >= 15 is 0 Å². The van der Waals surface area contributed by atoms with Crippen LogP contribution in [0.2, 0.25) is 0 Å². The monoisotopic (exact) mass is 263 g/mol. The van der Waals surface area contributed by atoms with Crippen LogP contribution in [0.1, 0.15) is 17.3 Å². The molecule has 1 aromatic heterocycles. The number of benzene rings is 2. The van der Waals surface area contributed by atoms with Crippen LogP contribution in [-0.2, 0) is 0 Å². The quantitative estimate of drug-likeness (QED) is 0.404. The third kappa shape index (κ3) is 2.03. The topological polar surface area (TPSA) is 44.0 Å². The summed E-state index contributed by atoms with van der Waals surface area (Å²) in [6.07, 6.45) is 0. The lowest BCUT2D eigenvalue weighted by Gasteiger charge is -2.07. The molecule has 0 saturated carbocycles. The highest BCUT2D eigenvalue weighted by molar-refractivity contribution is 5.94. The van der Waals surface area contributed by atoms with E-state index < -0.39 is 0 Å². The molecule has 2 aromatic carbocycles. The van der Waals surface area contributed by atoms with E-state index in [0.29, 0.717) is 16.8 Å². The van der Waals surface area contributed by atoms with Gasteiger partial charge in [0.05, 0.1) is 0 Å². The molecular formula is C17H13NO2. The fourth-order valence-electron chi connectivity index (χ4n) is 2.27. The van der Waals surface area contributed by atoms with Gasteiger partial charge in [-0.3, -0.25) is 4.79 Å². The number of hydrogen-bond acceptors (Lipinski definition) is 2. The minimum atomic E-state index is 0.0186. The largest absolute Gasteiger partial charge is 0.618 e. The molecule has 0 aliphatic rings. The molecule has 0 N–H and O–H groups in total. The number of hydrogen-bond donors (Lipinski definition) is 0. The molecular weight excluding hydrogens is 250 g/mol. The normalized spacial score (nSPS) is 10.7. The second-order valence-corrected chi connectivity index (χ2v) is 4.71. The number of fused-ring (bicyclic) bond motifs is 1. The maximum atomic E-state index is 12.4. The van der Waals surface area contributed by atoms with Gasteiger partial charge in [-0.2, -0.15) is 4.73 Å². The van der Waals surface area contributed by atoms with Crippen molar-refractivity contribution in [3.63, 3.8) is 0 Å². The highest BCUT2D eigenvalue weighted by Crippen LogP contribution is 2.19. The number of aromatic nitrogens is 1. The van der Waals surface area contributed by atoms with E-state index in [9.17, 15) is 10.0 Å². The van der Waals surface area contributed by atoms with E-state index in [1.165, 1.54) is 6.92 Å². The molecule has 0 fully saturated rings. The average Bonchev–Trinajstić information content (AvgIpc) is 2.48. The number of pyridine rings is 1. The lowest BCUT2D eigenvalue weighted by molar-refractivity contribution is -0.565. The van der Waals surface area contributed by atoms with Gasteiger partial charge < -0.3 is 5.21 Å². The van der Waals surface area contributed by atoms with Crippen molar-refractivity contribution in [2.75, 3.05) is 0 Å². The first-order chi connectivity index (χ1) is 9.66. The Balaban J connectivity index is 2.14. The molecule has 0 unspecified atom stereocenters. The number of nitrogens with zero attached hydrogens (tertiary/aromatic N) is 1. The minimum absolute atomic E-state index is 0.0186. The van der Waals surface area contributed by atoms with Crippen LogP contribution in [0.15, 0.2) is 60.7 Å². The fourth-order valence-corrected chi connectivity index (χ4v) is 2.27. The van der Waals surface area contributed by atoms with Crippen molar-refractivity contribution in [1.29, 1.82) is 0 Å². The molecule has 3 aromatic rings. The third-order valence-corrected chi connectivity index (χ3v) is 3.38. The molecule has 0 amide bonds. The van der Waals surface area contributed by atoms with E-state index in [1.807, 2.05) is 24.3 Å². The summed E-state index contributed by atoms with van der Waals surface area (Å²) >= 11 is 0. The molecule has 98 valence electrons. The molecule has 0 radical (unpaired) electrons. The Bertz CT molecular complexity index is 792. The van der Waals surface area contributed by atoms with Crippen LogP contribution in [0.4, 0.5) is 0 Å². The van der Waals surface area contributed by atoms with Crippen molar-refractivity contribution >= 4 is 16.7 Å². The maximum Gasteiger partial charge on any atom is 0.224 e. The number of Topliss-reactive ketones (excluding diaryl/α,β-unsaturated/α-hetero) is 1. The lowest BCUT2D eigenvalue weighted by Crippen LogP contribution is -2.29. The molecule has 3 nitrogen and oxygen atoms in total. The predicted molar refractivity (Wildman–Crippen MR) is 78.3 cm³/mol. The molecule has 3 heteroatoms. The van der Waals surface area contributed by atoms with Gasteiger partial charge in [0, 0.05) is 28.6 Å². The van der Waals surface area contributed by atoms with Crippen LogP contribution in [0.25, 0.3) is 22.2 Å². The van der Waals surface area contributed by atoms with Gasteiger partial charge in [0.1, 0.15) is 0 Å². The highest BCUT2D eigenvalue weighted by Gasteiger charge is 2.12. The van der Waals surface area contributed by atoms with Crippen LogP contribution in [0.3, 0.4) is 0 Å². The van der Waals surface area contributed by atoms with Gasteiger partial charge in [0.25, 0.3) is 0 Å². The molecule has 1 heterocycles. The Labute approximate surface area is 116 Å². The van der Waals surface area contributed by atoms with Crippen molar-refractivity contribution in [2.24, 2.45) is 0 Å². The first-order valence-electron chi connectivity index (χ1n) is 6.39.